The Hall–Kier alpha value is -1.89. The standard InChI is InChI=1S/C14H21N3O4/c1-3-5-21-12-7-10(2)15-14(16-12)17-4-6-20-11(9-17)8-13(18)19/h7,11H,3-6,8-9H2,1-2H3,(H,18,19). The van der Waals surface area contributed by atoms with E-state index in [4.69, 9.17) is 14.6 Å². The molecule has 1 N–H and O–H groups in total. The molecule has 21 heavy (non-hydrogen) atoms. The van der Waals surface area contributed by atoms with E-state index in [0.717, 1.165) is 12.1 Å². The number of hydrogen-bond acceptors (Lipinski definition) is 6. The number of nitrogens with zero attached hydrogens (tertiary/aromatic N) is 3. The molecule has 0 aliphatic carbocycles. The Labute approximate surface area is 123 Å². The van der Waals surface area contributed by atoms with E-state index < -0.39 is 5.97 Å². The molecule has 2 rings (SSSR count). The summed E-state index contributed by atoms with van der Waals surface area (Å²) in [6.45, 7) is 6.13. The van der Waals surface area contributed by atoms with Gasteiger partial charge in [0, 0.05) is 24.8 Å². The van der Waals surface area contributed by atoms with E-state index >= 15 is 0 Å². The highest BCUT2D eigenvalue weighted by Gasteiger charge is 2.24. The van der Waals surface area contributed by atoms with Gasteiger partial charge in [-0.25, -0.2) is 4.98 Å². The van der Waals surface area contributed by atoms with Crippen LogP contribution in [0, 0.1) is 6.92 Å². The van der Waals surface area contributed by atoms with Crippen LogP contribution in [-0.2, 0) is 9.53 Å². The number of carboxylic acids is 1. The minimum absolute atomic E-state index is 0.0124. The molecule has 7 nitrogen and oxygen atoms in total. The van der Waals surface area contributed by atoms with Crippen LogP contribution in [0.5, 0.6) is 5.88 Å². The minimum Gasteiger partial charge on any atom is -0.481 e. The van der Waals surface area contributed by atoms with Crippen LogP contribution in [0.15, 0.2) is 6.07 Å². The molecule has 0 aromatic carbocycles. The number of aromatic nitrogens is 2. The lowest BCUT2D eigenvalue weighted by Crippen LogP contribution is -2.44. The van der Waals surface area contributed by atoms with Gasteiger partial charge in [-0.15, -0.1) is 0 Å². The Morgan fingerprint density at radius 3 is 3.10 bits per heavy atom. The van der Waals surface area contributed by atoms with Crippen molar-refractivity contribution in [2.75, 3.05) is 31.2 Å². The molecular formula is C14H21N3O4. The van der Waals surface area contributed by atoms with Crippen LogP contribution in [0.4, 0.5) is 5.95 Å². The van der Waals surface area contributed by atoms with Gasteiger partial charge >= 0.3 is 5.97 Å². The zero-order valence-corrected chi connectivity index (χ0v) is 12.4. The van der Waals surface area contributed by atoms with Gasteiger partial charge in [-0.3, -0.25) is 4.79 Å². The second-order valence-electron chi connectivity index (χ2n) is 5.03. The lowest BCUT2D eigenvalue weighted by atomic mass is 10.2. The third kappa shape index (κ3) is 4.56. The summed E-state index contributed by atoms with van der Waals surface area (Å²) in [5.41, 5.74) is 0.826. The summed E-state index contributed by atoms with van der Waals surface area (Å²) in [5, 5.41) is 8.86. The van der Waals surface area contributed by atoms with Crippen molar-refractivity contribution >= 4 is 11.9 Å². The van der Waals surface area contributed by atoms with Crippen molar-refractivity contribution in [1.29, 1.82) is 0 Å². The Morgan fingerprint density at radius 2 is 2.38 bits per heavy atom. The molecule has 1 saturated heterocycles. The van der Waals surface area contributed by atoms with E-state index in [0.29, 0.717) is 38.1 Å². The third-order valence-corrected chi connectivity index (χ3v) is 3.10. The zero-order valence-electron chi connectivity index (χ0n) is 12.4. The molecule has 0 bridgehead atoms. The van der Waals surface area contributed by atoms with Crippen molar-refractivity contribution in [2.45, 2.75) is 32.8 Å². The van der Waals surface area contributed by atoms with Gasteiger partial charge in [0.1, 0.15) is 0 Å². The lowest BCUT2D eigenvalue weighted by Gasteiger charge is -2.32. The highest BCUT2D eigenvalue weighted by Crippen LogP contribution is 2.19. The highest BCUT2D eigenvalue weighted by molar-refractivity contribution is 5.67. The summed E-state index contributed by atoms with van der Waals surface area (Å²) in [6, 6.07) is 1.80. The maximum Gasteiger partial charge on any atom is 0.306 e. The molecule has 0 radical (unpaired) electrons. The van der Waals surface area contributed by atoms with Gasteiger partial charge in [0.15, 0.2) is 0 Å². The largest absolute Gasteiger partial charge is 0.481 e. The van der Waals surface area contributed by atoms with Crippen molar-refractivity contribution in [1.82, 2.24) is 9.97 Å². The molecule has 1 atom stereocenters. The number of aryl methyl sites for hydroxylation is 1. The van der Waals surface area contributed by atoms with Crippen LogP contribution in [0.1, 0.15) is 25.5 Å². The molecule has 1 unspecified atom stereocenters. The molecule has 0 saturated carbocycles. The van der Waals surface area contributed by atoms with Crippen LogP contribution in [0.2, 0.25) is 0 Å². The van der Waals surface area contributed by atoms with Crippen molar-refractivity contribution in [2.24, 2.45) is 0 Å². The quantitative estimate of drug-likeness (QED) is 0.845. The number of ether oxygens (including phenoxy) is 2. The van der Waals surface area contributed by atoms with Gasteiger partial charge < -0.3 is 19.5 Å². The van der Waals surface area contributed by atoms with E-state index in [1.165, 1.54) is 0 Å². The molecule has 1 fully saturated rings. The molecule has 0 spiro atoms. The smallest absolute Gasteiger partial charge is 0.306 e. The zero-order chi connectivity index (χ0) is 15.2. The molecule has 1 aliphatic rings. The van der Waals surface area contributed by atoms with Crippen molar-refractivity contribution in [3.05, 3.63) is 11.8 Å². The number of hydrogen-bond donors (Lipinski definition) is 1. The van der Waals surface area contributed by atoms with E-state index in [1.54, 1.807) is 6.07 Å². The van der Waals surface area contributed by atoms with E-state index in [9.17, 15) is 4.79 Å². The van der Waals surface area contributed by atoms with E-state index in [2.05, 4.69) is 9.97 Å². The number of rotatable bonds is 6. The fraction of sp³-hybridized carbons (Fsp3) is 0.643. The van der Waals surface area contributed by atoms with E-state index in [-0.39, 0.29) is 12.5 Å². The normalized spacial score (nSPS) is 18.6. The Balaban J connectivity index is 2.09. The second kappa shape index (κ2) is 7.21. The molecule has 2 heterocycles. The summed E-state index contributed by atoms with van der Waals surface area (Å²) >= 11 is 0. The predicted octanol–water partition coefficient (Wildman–Crippen LogP) is 1.25. The topological polar surface area (TPSA) is 84.8 Å². The first-order chi connectivity index (χ1) is 10.1. The van der Waals surface area contributed by atoms with Crippen molar-refractivity contribution in [3.8, 4) is 5.88 Å². The number of carbonyl (C=O) groups is 1. The second-order valence-corrected chi connectivity index (χ2v) is 5.03. The Bertz CT molecular complexity index is 495. The van der Waals surface area contributed by atoms with Gasteiger partial charge in [0.05, 0.1) is 25.7 Å². The first kappa shape index (κ1) is 15.5. The monoisotopic (exact) mass is 295 g/mol. The Kier molecular flexibility index (Phi) is 5.32. The summed E-state index contributed by atoms with van der Waals surface area (Å²) in [4.78, 5) is 21.5. The fourth-order valence-electron chi connectivity index (χ4n) is 2.17. The average molecular weight is 295 g/mol. The number of morpholine rings is 1. The molecule has 116 valence electrons. The minimum atomic E-state index is -0.862. The van der Waals surface area contributed by atoms with Crippen LogP contribution in [0.3, 0.4) is 0 Å². The summed E-state index contributed by atoms with van der Waals surface area (Å²) in [7, 11) is 0. The third-order valence-electron chi connectivity index (χ3n) is 3.10. The first-order valence-electron chi connectivity index (χ1n) is 7.15. The molecule has 1 aromatic rings. The summed E-state index contributed by atoms with van der Waals surface area (Å²) in [6.07, 6.45) is 0.568. The first-order valence-corrected chi connectivity index (χ1v) is 7.15. The molecule has 7 heteroatoms. The number of anilines is 1. The van der Waals surface area contributed by atoms with Crippen molar-refractivity contribution in [3.63, 3.8) is 0 Å². The number of carboxylic acid groups (broad SMARTS) is 1. The van der Waals surface area contributed by atoms with Crippen LogP contribution in [0.25, 0.3) is 0 Å². The van der Waals surface area contributed by atoms with Gasteiger partial charge in [-0.05, 0) is 13.3 Å². The molecule has 1 aromatic heterocycles. The van der Waals surface area contributed by atoms with Gasteiger partial charge in [0.25, 0.3) is 0 Å². The molecule has 0 amide bonds. The average Bonchev–Trinajstić information content (AvgIpc) is 2.44. The van der Waals surface area contributed by atoms with Gasteiger partial charge in [-0.1, -0.05) is 6.92 Å². The van der Waals surface area contributed by atoms with Gasteiger partial charge in [-0.2, -0.15) is 4.98 Å². The van der Waals surface area contributed by atoms with Crippen LogP contribution < -0.4 is 9.64 Å². The highest BCUT2D eigenvalue weighted by atomic mass is 16.5. The van der Waals surface area contributed by atoms with E-state index in [1.807, 2.05) is 18.7 Å². The maximum absolute atomic E-state index is 10.8. The van der Waals surface area contributed by atoms with Crippen LogP contribution in [-0.4, -0.2) is 53.5 Å². The van der Waals surface area contributed by atoms with Crippen molar-refractivity contribution < 1.29 is 19.4 Å². The Morgan fingerprint density at radius 1 is 1.57 bits per heavy atom. The fourth-order valence-corrected chi connectivity index (χ4v) is 2.17. The molecule has 1 aliphatic heterocycles. The maximum atomic E-state index is 10.8. The summed E-state index contributed by atoms with van der Waals surface area (Å²) < 4.78 is 11.0. The SMILES string of the molecule is CCCOc1cc(C)nc(N2CCOC(CC(=O)O)C2)n1. The van der Waals surface area contributed by atoms with Crippen LogP contribution >= 0.6 is 0 Å². The molecular weight excluding hydrogens is 274 g/mol. The summed E-state index contributed by atoms with van der Waals surface area (Å²) in [5.74, 6) is 0.263. The lowest BCUT2D eigenvalue weighted by molar-refractivity contribution is -0.140. The predicted molar refractivity (Wildman–Crippen MR) is 76.8 cm³/mol. The van der Waals surface area contributed by atoms with Gasteiger partial charge in [0.2, 0.25) is 11.8 Å². The number of aliphatic carboxylic acids is 1.